The normalized spacial score (nSPS) is 11.4. The minimum atomic E-state index is -2.48. The van der Waals surface area contributed by atoms with Crippen LogP contribution in [0.15, 0.2) is 40.5 Å². The maximum atomic E-state index is 12.4. The van der Waals surface area contributed by atoms with E-state index in [9.17, 15) is 4.79 Å². The number of rotatable bonds is 14. The molecular formula is C24H41NOSn. The second kappa shape index (κ2) is 13.4. The van der Waals surface area contributed by atoms with E-state index in [0.29, 0.717) is 6.54 Å². The Morgan fingerprint density at radius 2 is 1.41 bits per heavy atom. The van der Waals surface area contributed by atoms with E-state index in [0.717, 1.165) is 6.54 Å². The average molecular weight is 478 g/mol. The van der Waals surface area contributed by atoms with Gasteiger partial charge in [-0.1, -0.05) is 0 Å². The molecule has 0 bridgehead atoms. The molecule has 2 nitrogen and oxygen atoms in total. The predicted molar refractivity (Wildman–Crippen MR) is 122 cm³/mol. The number of hydrogen-bond donors (Lipinski definition) is 0. The van der Waals surface area contributed by atoms with Gasteiger partial charge in [-0.05, 0) is 0 Å². The summed E-state index contributed by atoms with van der Waals surface area (Å²) in [6, 6.07) is 10.4. The third-order valence-electron chi connectivity index (χ3n) is 5.82. The van der Waals surface area contributed by atoms with Gasteiger partial charge in [0, 0.05) is 0 Å². The van der Waals surface area contributed by atoms with Crippen molar-refractivity contribution >= 4 is 24.3 Å². The van der Waals surface area contributed by atoms with Gasteiger partial charge in [0.2, 0.25) is 0 Å². The van der Waals surface area contributed by atoms with E-state index < -0.39 is 18.4 Å². The number of benzene rings is 1. The topological polar surface area (TPSA) is 20.3 Å². The van der Waals surface area contributed by atoms with Crippen LogP contribution in [0.1, 0.15) is 71.8 Å². The van der Waals surface area contributed by atoms with Crippen molar-refractivity contribution in [1.29, 1.82) is 0 Å². The van der Waals surface area contributed by atoms with Crippen molar-refractivity contribution in [3.8, 4) is 0 Å². The first-order valence-electron chi connectivity index (χ1n) is 11.0. The van der Waals surface area contributed by atoms with Gasteiger partial charge in [0.25, 0.3) is 0 Å². The molecule has 0 saturated heterocycles. The zero-order valence-corrected chi connectivity index (χ0v) is 21.1. The third-order valence-corrected chi connectivity index (χ3v) is 21.8. The standard InChI is InChI=1S/C12H14NO.3C4H9.Sn/c1-3-9-13(11(2)14)10-12-7-5-4-6-8-12;3*1-3-4-2;/h4-8H,1,9-10H2,2H3;3*1,3-4H2,2H3;. The Bertz CT molecular complexity index is 533. The van der Waals surface area contributed by atoms with Gasteiger partial charge < -0.3 is 0 Å². The van der Waals surface area contributed by atoms with Crippen LogP contribution in [0.4, 0.5) is 0 Å². The van der Waals surface area contributed by atoms with E-state index in [1.807, 2.05) is 11.0 Å². The third kappa shape index (κ3) is 8.41. The van der Waals surface area contributed by atoms with Gasteiger partial charge in [-0.3, -0.25) is 0 Å². The molecule has 1 aromatic rings. The summed E-state index contributed by atoms with van der Waals surface area (Å²) < 4.78 is 5.73. The van der Waals surface area contributed by atoms with Gasteiger partial charge in [-0.15, -0.1) is 0 Å². The van der Waals surface area contributed by atoms with Crippen molar-refractivity contribution in [1.82, 2.24) is 4.90 Å². The van der Waals surface area contributed by atoms with E-state index in [1.54, 1.807) is 6.92 Å². The number of amides is 1. The summed E-state index contributed by atoms with van der Waals surface area (Å²) >= 11 is -2.48. The molecule has 0 fully saturated rings. The zero-order chi connectivity index (χ0) is 20.1. The van der Waals surface area contributed by atoms with Crippen LogP contribution >= 0.6 is 0 Å². The molecule has 1 rings (SSSR count). The van der Waals surface area contributed by atoms with Gasteiger partial charge in [-0.2, -0.15) is 0 Å². The second-order valence-electron chi connectivity index (χ2n) is 8.06. The summed E-state index contributed by atoms with van der Waals surface area (Å²) in [6.45, 7) is 14.7. The quantitative estimate of drug-likeness (QED) is 0.264. The minimum absolute atomic E-state index is 0.168. The fourth-order valence-corrected chi connectivity index (χ4v) is 19.4. The van der Waals surface area contributed by atoms with E-state index in [1.165, 1.54) is 61.0 Å². The van der Waals surface area contributed by atoms with Crippen LogP contribution in [0.25, 0.3) is 0 Å². The van der Waals surface area contributed by atoms with Crippen LogP contribution in [0.2, 0.25) is 13.3 Å². The Morgan fingerprint density at radius 3 is 1.81 bits per heavy atom. The van der Waals surface area contributed by atoms with Crippen LogP contribution in [0.5, 0.6) is 0 Å². The molecule has 0 heterocycles. The number of hydrogen-bond acceptors (Lipinski definition) is 1. The molecule has 0 N–H and O–H groups in total. The monoisotopic (exact) mass is 479 g/mol. The first-order chi connectivity index (χ1) is 13.0. The molecule has 0 aliphatic carbocycles. The van der Waals surface area contributed by atoms with E-state index >= 15 is 0 Å². The van der Waals surface area contributed by atoms with Crippen LogP contribution in [-0.4, -0.2) is 35.7 Å². The van der Waals surface area contributed by atoms with Crippen molar-refractivity contribution in [3.05, 3.63) is 46.1 Å². The van der Waals surface area contributed by atoms with Gasteiger partial charge in [0.05, 0.1) is 0 Å². The SMILES string of the molecule is C=[C](CN(Cc1ccccc1)C(C)=O)[Sn]([CH2]CCC)([CH2]CCC)[CH2]CCC. The van der Waals surface area contributed by atoms with Crippen molar-refractivity contribution in [2.24, 2.45) is 0 Å². The number of nitrogens with zero attached hydrogens (tertiary/aromatic N) is 1. The van der Waals surface area contributed by atoms with Gasteiger partial charge in [0.15, 0.2) is 0 Å². The maximum absolute atomic E-state index is 12.4. The fraction of sp³-hybridized carbons (Fsp3) is 0.625. The van der Waals surface area contributed by atoms with Crippen LogP contribution in [0, 0.1) is 0 Å². The molecule has 1 amide bonds. The zero-order valence-electron chi connectivity index (χ0n) is 18.2. The van der Waals surface area contributed by atoms with Crippen molar-refractivity contribution < 1.29 is 4.79 Å². The van der Waals surface area contributed by atoms with Crippen LogP contribution in [0.3, 0.4) is 0 Å². The van der Waals surface area contributed by atoms with Crippen molar-refractivity contribution in [2.75, 3.05) is 6.54 Å². The van der Waals surface area contributed by atoms with Gasteiger partial charge >= 0.3 is 173 Å². The van der Waals surface area contributed by atoms with Crippen molar-refractivity contribution in [3.63, 3.8) is 0 Å². The molecule has 0 aromatic heterocycles. The number of carbonyl (C=O) groups is 1. The summed E-state index contributed by atoms with van der Waals surface area (Å²) in [4.78, 5) is 14.4. The molecule has 1 aromatic carbocycles. The second-order valence-corrected chi connectivity index (χ2v) is 21.7. The Labute approximate surface area is 172 Å². The van der Waals surface area contributed by atoms with E-state index in [2.05, 4.69) is 51.6 Å². The van der Waals surface area contributed by atoms with E-state index in [-0.39, 0.29) is 5.91 Å². The first-order valence-corrected chi connectivity index (χ1v) is 18.4. The van der Waals surface area contributed by atoms with E-state index in [4.69, 9.17) is 0 Å². The Kier molecular flexibility index (Phi) is 12.1. The Hall–Kier alpha value is -0.771. The molecule has 0 saturated carbocycles. The fourth-order valence-electron chi connectivity index (χ4n) is 3.93. The van der Waals surface area contributed by atoms with Crippen molar-refractivity contribution in [2.45, 2.75) is 86.1 Å². The number of carbonyl (C=O) groups excluding carboxylic acids is 1. The summed E-state index contributed by atoms with van der Waals surface area (Å²) in [6.07, 6.45) is 7.81. The summed E-state index contributed by atoms with van der Waals surface area (Å²) in [5, 5.41) is 0. The summed E-state index contributed by atoms with van der Waals surface area (Å²) in [7, 11) is 0. The van der Waals surface area contributed by atoms with Crippen LogP contribution < -0.4 is 0 Å². The molecule has 152 valence electrons. The molecular weight excluding hydrogens is 437 g/mol. The number of unbranched alkanes of at least 4 members (excludes halogenated alkanes) is 3. The average Bonchev–Trinajstić information content (AvgIpc) is 2.67. The Balaban J connectivity index is 2.98. The van der Waals surface area contributed by atoms with Gasteiger partial charge in [-0.25, -0.2) is 0 Å². The predicted octanol–water partition coefficient (Wildman–Crippen LogP) is 6.98. The molecule has 0 atom stereocenters. The molecule has 27 heavy (non-hydrogen) atoms. The molecule has 0 radical (unpaired) electrons. The summed E-state index contributed by atoms with van der Waals surface area (Å²) in [5.41, 5.74) is 1.21. The van der Waals surface area contributed by atoms with Gasteiger partial charge in [0.1, 0.15) is 0 Å². The first kappa shape index (κ1) is 24.3. The molecule has 3 heteroatoms. The Morgan fingerprint density at radius 1 is 0.926 bits per heavy atom. The molecule has 0 spiro atoms. The van der Waals surface area contributed by atoms with Crippen LogP contribution in [-0.2, 0) is 11.3 Å². The molecule has 0 unspecified atom stereocenters. The molecule has 0 aliphatic rings. The summed E-state index contributed by atoms with van der Waals surface area (Å²) in [5.74, 6) is 0.168. The molecule has 0 aliphatic heterocycles.